The first-order chi connectivity index (χ1) is 14.0. The molecule has 0 atom stereocenters. The fourth-order valence-electron chi connectivity index (χ4n) is 3.01. The molecular formula is C21H32FIN6O. The number of aliphatic imine (C=N–C) groups is 1. The molecule has 30 heavy (non-hydrogen) atoms. The van der Waals surface area contributed by atoms with Crippen LogP contribution in [0.5, 0.6) is 0 Å². The van der Waals surface area contributed by atoms with Gasteiger partial charge in [-0.3, -0.25) is 4.79 Å². The summed E-state index contributed by atoms with van der Waals surface area (Å²) in [6.07, 6.45) is 3.78. The van der Waals surface area contributed by atoms with Gasteiger partial charge in [0.25, 0.3) is 0 Å². The molecule has 2 N–H and O–H groups in total. The molecule has 0 spiro atoms. The molecule has 0 aliphatic rings. The number of guanidine groups is 1. The third kappa shape index (κ3) is 7.26. The van der Waals surface area contributed by atoms with Gasteiger partial charge in [0, 0.05) is 45.0 Å². The molecule has 0 saturated carbocycles. The second-order valence-corrected chi connectivity index (χ2v) is 6.57. The number of hydrogen-bond donors (Lipinski definition) is 2. The molecule has 166 valence electrons. The van der Waals surface area contributed by atoms with Crippen molar-refractivity contribution in [3.05, 3.63) is 47.8 Å². The summed E-state index contributed by atoms with van der Waals surface area (Å²) >= 11 is 0. The number of nitrogens with one attached hydrogen (secondary N) is 2. The Labute approximate surface area is 195 Å². The zero-order valence-corrected chi connectivity index (χ0v) is 20.4. The monoisotopic (exact) mass is 530 g/mol. The predicted molar refractivity (Wildman–Crippen MR) is 129 cm³/mol. The first-order valence-corrected chi connectivity index (χ1v) is 10.1. The van der Waals surface area contributed by atoms with Crippen LogP contribution in [0.25, 0.3) is 5.69 Å². The van der Waals surface area contributed by atoms with Crippen LogP contribution >= 0.6 is 24.0 Å². The van der Waals surface area contributed by atoms with E-state index < -0.39 is 0 Å². The minimum atomic E-state index is -0.318. The second-order valence-electron chi connectivity index (χ2n) is 6.57. The van der Waals surface area contributed by atoms with Crippen LogP contribution in [0.4, 0.5) is 4.39 Å². The molecule has 0 fully saturated rings. The van der Waals surface area contributed by atoms with Gasteiger partial charge in [-0.15, -0.1) is 24.0 Å². The minimum absolute atomic E-state index is 0. The van der Waals surface area contributed by atoms with E-state index in [1.54, 1.807) is 27.9 Å². The third-order valence-electron chi connectivity index (χ3n) is 4.61. The van der Waals surface area contributed by atoms with E-state index in [1.165, 1.54) is 6.07 Å². The first-order valence-electron chi connectivity index (χ1n) is 10.1. The van der Waals surface area contributed by atoms with Crippen LogP contribution in [0.3, 0.4) is 0 Å². The lowest BCUT2D eigenvalue weighted by Gasteiger charge is -2.19. The van der Waals surface area contributed by atoms with Crippen molar-refractivity contribution < 1.29 is 9.18 Å². The predicted octanol–water partition coefficient (Wildman–Crippen LogP) is 3.25. The average Bonchev–Trinajstić information content (AvgIpc) is 3.12. The number of hydrogen-bond acceptors (Lipinski definition) is 3. The van der Waals surface area contributed by atoms with Crippen molar-refractivity contribution in [1.29, 1.82) is 0 Å². The Kier molecular flexibility index (Phi) is 11.4. The SMILES string of the molecule is CCNC(=NCc1ccc(-n2ccnc2C)c(F)c1)NCCC(=O)N(CC)CC.I. The van der Waals surface area contributed by atoms with Gasteiger partial charge in [0.1, 0.15) is 11.6 Å². The highest BCUT2D eigenvalue weighted by Crippen LogP contribution is 2.17. The molecule has 1 aromatic carbocycles. The Morgan fingerprint density at radius 2 is 1.97 bits per heavy atom. The number of aryl methyl sites for hydroxylation is 1. The van der Waals surface area contributed by atoms with E-state index in [-0.39, 0.29) is 35.7 Å². The highest BCUT2D eigenvalue weighted by molar-refractivity contribution is 14.0. The highest BCUT2D eigenvalue weighted by atomic mass is 127. The maximum Gasteiger partial charge on any atom is 0.224 e. The van der Waals surface area contributed by atoms with E-state index >= 15 is 0 Å². The van der Waals surface area contributed by atoms with Crippen molar-refractivity contribution in [1.82, 2.24) is 25.1 Å². The number of nitrogens with zero attached hydrogens (tertiary/aromatic N) is 4. The molecule has 0 saturated heterocycles. The largest absolute Gasteiger partial charge is 0.357 e. The molecule has 0 unspecified atom stereocenters. The summed E-state index contributed by atoms with van der Waals surface area (Å²) in [5, 5.41) is 6.31. The number of halogens is 2. The number of benzene rings is 1. The van der Waals surface area contributed by atoms with Crippen LogP contribution < -0.4 is 10.6 Å². The molecule has 1 heterocycles. The highest BCUT2D eigenvalue weighted by Gasteiger charge is 2.10. The molecule has 7 nitrogen and oxygen atoms in total. The molecule has 1 aromatic heterocycles. The molecule has 0 bridgehead atoms. The molecule has 2 rings (SSSR count). The molecule has 1 amide bonds. The molecular weight excluding hydrogens is 498 g/mol. The third-order valence-corrected chi connectivity index (χ3v) is 4.61. The Morgan fingerprint density at radius 3 is 2.53 bits per heavy atom. The molecule has 9 heteroatoms. The van der Waals surface area contributed by atoms with E-state index in [0.717, 1.165) is 11.4 Å². The molecule has 2 aromatic rings. The van der Waals surface area contributed by atoms with Crippen LogP contribution in [-0.2, 0) is 11.3 Å². The number of rotatable bonds is 9. The summed E-state index contributed by atoms with van der Waals surface area (Å²) in [4.78, 5) is 22.5. The summed E-state index contributed by atoms with van der Waals surface area (Å²) in [7, 11) is 0. The van der Waals surface area contributed by atoms with Crippen LogP contribution in [0.15, 0.2) is 35.6 Å². The summed E-state index contributed by atoms with van der Waals surface area (Å²) in [5.41, 5.74) is 1.23. The molecule has 0 aliphatic carbocycles. The standard InChI is InChI=1S/C21H31FN6O.HI/c1-5-23-21(25-11-10-20(29)27(6-2)7-3)26-15-17-8-9-19(18(22)14-17)28-13-12-24-16(28)4;/h8-9,12-14H,5-7,10-11,15H2,1-4H3,(H2,23,25,26);1H. The summed E-state index contributed by atoms with van der Waals surface area (Å²) in [6, 6.07) is 5.08. The van der Waals surface area contributed by atoms with Gasteiger partial charge < -0.3 is 20.1 Å². The lowest BCUT2D eigenvalue weighted by Crippen LogP contribution is -2.40. The van der Waals surface area contributed by atoms with Gasteiger partial charge >= 0.3 is 0 Å². The quantitative estimate of drug-likeness (QED) is 0.297. The molecule has 0 aliphatic heterocycles. The van der Waals surface area contributed by atoms with Crippen molar-refractivity contribution in [3.8, 4) is 5.69 Å². The van der Waals surface area contributed by atoms with Gasteiger partial charge in [0.2, 0.25) is 5.91 Å². The smallest absolute Gasteiger partial charge is 0.224 e. The lowest BCUT2D eigenvalue weighted by atomic mass is 10.2. The Balaban J connectivity index is 0.00000450. The van der Waals surface area contributed by atoms with Crippen molar-refractivity contribution in [2.24, 2.45) is 4.99 Å². The maximum atomic E-state index is 14.5. The van der Waals surface area contributed by atoms with Crippen LogP contribution in [0, 0.1) is 12.7 Å². The van der Waals surface area contributed by atoms with Crippen LogP contribution in [-0.4, -0.2) is 52.5 Å². The van der Waals surface area contributed by atoms with Gasteiger partial charge in [-0.1, -0.05) is 6.07 Å². The Bertz CT molecular complexity index is 835. The van der Waals surface area contributed by atoms with E-state index in [2.05, 4.69) is 20.6 Å². The second kappa shape index (κ2) is 13.2. The fourth-order valence-corrected chi connectivity index (χ4v) is 3.01. The minimum Gasteiger partial charge on any atom is -0.357 e. The van der Waals surface area contributed by atoms with E-state index in [9.17, 15) is 9.18 Å². The van der Waals surface area contributed by atoms with Crippen molar-refractivity contribution in [2.75, 3.05) is 26.2 Å². The zero-order chi connectivity index (χ0) is 21.2. The summed E-state index contributed by atoms with van der Waals surface area (Å²) in [5.74, 6) is 1.13. The van der Waals surface area contributed by atoms with Crippen molar-refractivity contribution in [3.63, 3.8) is 0 Å². The number of carbonyl (C=O) groups is 1. The number of carbonyl (C=O) groups excluding carboxylic acids is 1. The van der Waals surface area contributed by atoms with Crippen molar-refractivity contribution >= 4 is 35.8 Å². The number of amides is 1. The van der Waals surface area contributed by atoms with Gasteiger partial charge in [0.15, 0.2) is 5.96 Å². The van der Waals surface area contributed by atoms with E-state index in [4.69, 9.17) is 0 Å². The normalized spacial score (nSPS) is 11.0. The Morgan fingerprint density at radius 1 is 1.23 bits per heavy atom. The lowest BCUT2D eigenvalue weighted by molar-refractivity contribution is -0.130. The number of aromatic nitrogens is 2. The average molecular weight is 530 g/mol. The van der Waals surface area contributed by atoms with Crippen LogP contribution in [0.2, 0.25) is 0 Å². The van der Waals surface area contributed by atoms with Gasteiger partial charge in [0.05, 0.1) is 12.2 Å². The summed E-state index contributed by atoms with van der Waals surface area (Å²) in [6.45, 7) is 10.7. The van der Waals surface area contributed by atoms with Gasteiger partial charge in [-0.25, -0.2) is 14.4 Å². The Hall–Kier alpha value is -2.17. The summed E-state index contributed by atoms with van der Waals surface area (Å²) < 4.78 is 16.2. The van der Waals surface area contributed by atoms with Gasteiger partial charge in [-0.05, 0) is 45.4 Å². The van der Waals surface area contributed by atoms with E-state index in [0.29, 0.717) is 50.8 Å². The maximum absolute atomic E-state index is 14.5. The van der Waals surface area contributed by atoms with Gasteiger partial charge in [-0.2, -0.15) is 0 Å². The topological polar surface area (TPSA) is 74.5 Å². The van der Waals surface area contributed by atoms with Crippen LogP contribution in [0.1, 0.15) is 38.6 Å². The first kappa shape index (κ1) is 25.9. The van der Waals surface area contributed by atoms with E-state index in [1.807, 2.05) is 33.8 Å². The molecule has 0 radical (unpaired) electrons. The number of imidazole rings is 1. The zero-order valence-electron chi connectivity index (χ0n) is 18.1. The van der Waals surface area contributed by atoms with Crippen molar-refractivity contribution in [2.45, 2.75) is 40.7 Å². The fraction of sp³-hybridized carbons (Fsp3) is 0.476.